The fraction of sp³-hybridized carbons (Fsp3) is 0.125. The molecule has 2 heterocycles. The molecule has 2 N–H and O–H groups in total. The number of carboxylic acid groups (broad SMARTS) is 1. The van der Waals surface area contributed by atoms with E-state index in [0.29, 0.717) is 6.54 Å². The van der Waals surface area contributed by atoms with Gasteiger partial charge in [-0.1, -0.05) is 23.7 Å². The Morgan fingerprint density at radius 2 is 2.00 bits per heavy atom. The molecule has 0 radical (unpaired) electrons. The number of carbonyl (C=O) groups is 2. The molecule has 0 saturated heterocycles. The summed E-state index contributed by atoms with van der Waals surface area (Å²) in [6.45, 7) is 0.323. The quantitative estimate of drug-likeness (QED) is 0.710. The highest BCUT2D eigenvalue weighted by Crippen LogP contribution is 2.21. The lowest BCUT2D eigenvalue weighted by Gasteiger charge is -2.03. The summed E-state index contributed by atoms with van der Waals surface area (Å²) in [6, 6.07) is 5.88. The van der Waals surface area contributed by atoms with E-state index in [9.17, 15) is 19.1 Å². The van der Waals surface area contributed by atoms with E-state index in [1.165, 1.54) is 30.1 Å². The van der Waals surface area contributed by atoms with Crippen molar-refractivity contribution < 1.29 is 19.1 Å². The number of hydrogen-bond donors (Lipinski definition) is 2. The van der Waals surface area contributed by atoms with Gasteiger partial charge < -0.3 is 10.4 Å². The molecule has 1 amide bonds. The molecule has 0 aliphatic rings. The van der Waals surface area contributed by atoms with Crippen molar-refractivity contribution in [3.05, 3.63) is 64.3 Å². The van der Waals surface area contributed by atoms with E-state index < -0.39 is 11.9 Å². The van der Waals surface area contributed by atoms with Crippen molar-refractivity contribution in [2.24, 2.45) is 7.05 Å². The van der Waals surface area contributed by atoms with E-state index >= 15 is 0 Å². The number of anilines is 1. The van der Waals surface area contributed by atoms with Crippen molar-refractivity contribution in [1.29, 1.82) is 0 Å². The van der Waals surface area contributed by atoms with Gasteiger partial charge in [0.05, 0.1) is 18.3 Å². The highest BCUT2D eigenvalue weighted by Gasteiger charge is 2.23. The lowest BCUT2D eigenvalue weighted by atomic mass is 10.2. The zero-order valence-corrected chi connectivity index (χ0v) is 14.2. The van der Waals surface area contributed by atoms with Gasteiger partial charge in [0, 0.05) is 13.2 Å². The number of carboxylic acids is 1. The zero-order chi connectivity index (χ0) is 18.8. The zero-order valence-electron chi connectivity index (χ0n) is 13.5. The van der Waals surface area contributed by atoms with E-state index in [1.54, 1.807) is 12.1 Å². The molecule has 2 aromatic heterocycles. The van der Waals surface area contributed by atoms with Gasteiger partial charge in [0.2, 0.25) is 0 Å². The fourth-order valence-electron chi connectivity index (χ4n) is 2.37. The van der Waals surface area contributed by atoms with E-state index in [-0.39, 0.29) is 27.9 Å². The molecule has 1 aromatic carbocycles. The Morgan fingerprint density at radius 1 is 1.31 bits per heavy atom. The lowest BCUT2D eigenvalue weighted by molar-refractivity contribution is 0.0680. The molecule has 10 heteroatoms. The van der Waals surface area contributed by atoms with Crippen LogP contribution in [0.3, 0.4) is 0 Å². The number of nitrogens with one attached hydrogen (secondary N) is 1. The first-order valence-electron chi connectivity index (χ1n) is 7.39. The second-order valence-corrected chi connectivity index (χ2v) is 5.85. The smallest absolute Gasteiger partial charge is 0.354 e. The van der Waals surface area contributed by atoms with Gasteiger partial charge in [-0.15, -0.1) is 0 Å². The largest absolute Gasteiger partial charge is 0.477 e. The summed E-state index contributed by atoms with van der Waals surface area (Å²) in [5.74, 6) is -2.22. The first-order valence-corrected chi connectivity index (χ1v) is 7.77. The average Bonchev–Trinajstić information content (AvgIpc) is 3.12. The summed E-state index contributed by atoms with van der Waals surface area (Å²) in [6.07, 6.45) is 2.66. The van der Waals surface area contributed by atoms with Gasteiger partial charge in [-0.05, 0) is 17.7 Å². The number of nitrogens with zero attached hydrogens (tertiary/aromatic N) is 4. The van der Waals surface area contributed by atoms with Crippen molar-refractivity contribution in [2.75, 3.05) is 5.32 Å². The van der Waals surface area contributed by atoms with Crippen LogP contribution >= 0.6 is 11.6 Å². The Bertz CT molecular complexity index is 980. The van der Waals surface area contributed by atoms with Crippen LogP contribution in [0.1, 0.15) is 26.4 Å². The lowest BCUT2D eigenvalue weighted by Crippen LogP contribution is -2.17. The number of aromatic nitrogens is 4. The van der Waals surface area contributed by atoms with Gasteiger partial charge >= 0.3 is 5.97 Å². The fourth-order valence-corrected chi connectivity index (χ4v) is 2.57. The summed E-state index contributed by atoms with van der Waals surface area (Å²) >= 11 is 6.08. The normalized spacial score (nSPS) is 10.7. The van der Waals surface area contributed by atoms with Crippen molar-refractivity contribution in [1.82, 2.24) is 19.6 Å². The van der Waals surface area contributed by atoms with E-state index in [4.69, 9.17) is 11.6 Å². The summed E-state index contributed by atoms with van der Waals surface area (Å²) in [5, 5.41) is 19.8. The highest BCUT2D eigenvalue weighted by atomic mass is 35.5. The number of rotatable bonds is 5. The van der Waals surface area contributed by atoms with Crippen LogP contribution in [0.5, 0.6) is 0 Å². The number of hydrogen-bond acceptors (Lipinski definition) is 4. The van der Waals surface area contributed by atoms with Gasteiger partial charge in [0.25, 0.3) is 5.91 Å². The average molecular weight is 378 g/mol. The maximum absolute atomic E-state index is 12.9. The van der Waals surface area contributed by atoms with Crippen molar-refractivity contribution >= 4 is 29.3 Å². The summed E-state index contributed by atoms with van der Waals surface area (Å²) < 4.78 is 15.5. The Balaban J connectivity index is 1.78. The van der Waals surface area contributed by atoms with Gasteiger partial charge in [0.15, 0.2) is 11.5 Å². The number of aryl methyl sites for hydroxylation is 1. The summed E-state index contributed by atoms with van der Waals surface area (Å²) in [7, 11) is 1.42. The third kappa shape index (κ3) is 3.57. The second-order valence-electron chi connectivity index (χ2n) is 5.44. The molecule has 0 saturated carbocycles. The molecule has 0 unspecified atom stereocenters. The van der Waals surface area contributed by atoms with Gasteiger partial charge in [-0.3, -0.25) is 14.2 Å². The predicted octanol–water partition coefficient (Wildman–Crippen LogP) is 2.41. The second kappa shape index (κ2) is 6.96. The van der Waals surface area contributed by atoms with Gasteiger partial charge in [-0.2, -0.15) is 10.2 Å². The number of benzene rings is 1. The molecule has 134 valence electrons. The first kappa shape index (κ1) is 17.6. The predicted molar refractivity (Wildman–Crippen MR) is 90.9 cm³/mol. The van der Waals surface area contributed by atoms with E-state index in [0.717, 1.165) is 16.4 Å². The van der Waals surface area contributed by atoms with Crippen LogP contribution in [-0.4, -0.2) is 36.5 Å². The van der Waals surface area contributed by atoms with Crippen LogP contribution in [0.15, 0.2) is 36.7 Å². The van der Waals surface area contributed by atoms with Crippen LogP contribution < -0.4 is 5.32 Å². The Kier molecular flexibility index (Phi) is 4.72. The SMILES string of the molecule is Cn1ncc(C(=O)Nc2nn(Cc3ccc(F)cc3)cc2Cl)c1C(=O)O. The van der Waals surface area contributed by atoms with Crippen LogP contribution in [0.4, 0.5) is 10.2 Å². The Morgan fingerprint density at radius 3 is 2.65 bits per heavy atom. The van der Waals surface area contributed by atoms with Crippen molar-refractivity contribution in [3.63, 3.8) is 0 Å². The number of halogens is 2. The number of carbonyl (C=O) groups excluding carboxylic acids is 1. The molecule has 0 atom stereocenters. The van der Waals surface area contributed by atoms with Crippen molar-refractivity contribution in [2.45, 2.75) is 6.54 Å². The summed E-state index contributed by atoms with van der Waals surface area (Å²) in [4.78, 5) is 23.6. The third-order valence-electron chi connectivity index (χ3n) is 3.59. The molecule has 26 heavy (non-hydrogen) atoms. The molecule has 0 bridgehead atoms. The Hall–Kier alpha value is -3.20. The Labute approximate surface area is 151 Å². The molecule has 8 nitrogen and oxygen atoms in total. The standard InChI is InChI=1S/C16H13ClFN5O3/c1-22-13(16(25)26)11(6-19-22)15(24)20-14-12(17)8-23(21-14)7-9-2-4-10(18)5-3-9/h2-6,8H,7H2,1H3,(H,25,26)(H,20,21,24). The summed E-state index contributed by atoms with van der Waals surface area (Å²) in [5.41, 5.74) is 0.442. The molecule has 0 fully saturated rings. The molecule has 3 aromatic rings. The van der Waals surface area contributed by atoms with E-state index in [1.807, 2.05) is 0 Å². The topological polar surface area (TPSA) is 102 Å². The molecule has 0 aliphatic carbocycles. The first-order chi connectivity index (χ1) is 12.3. The molecule has 0 aliphatic heterocycles. The van der Waals surface area contributed by atoms with Crippen LogP contribution in [0.2, 0.25) is 5.02 Å². The molecule has 0 spiro atoms. The van der Waals surface area contributed by atoms with Crippen LogP contribution in [0, 0.1) is 5.82 Å². The van der Waals surface area contributed by atoms with Gasteiger partial charge in [0.1, 0.15) is 10.8 Å². The molecular weight excluding hydrogens is 365 g/mol. The monoisotopic (exact) mass is 377 g/mol. The maximum atomic E-state index is 12.9. The third-order valence-corrected chi connectivity index (χ3v) is 3.87. The van der Waals surface area contributed by atoms with Gasteiger partial charge in [-0.25, -0.2) is 9.18 Å². The minimum Gasteiger partial charge on any atom is -0.477 e. The van der Waals surface area contributed by atoms with Crippen molar-refractivity contribution in [3.8, 4) is 0 Å². The molecular formula is C16H13ClFN5O3. The number of amides is 1. The maximum Gasteiger partial charge on any atom is 0.354 e. The molecule has 3 rings (SSSR count). The number of aromatic carboxylic acids is 1. The minimum atomic E-state index is -1.27. The van der Waals surface area contributed by atoms with E-state index in [2.05, 4.69) is 15.5 Å². The highest BCUT2D eigenvalue weighted by molar-refractivity contribution is 6.33. The minimum absolute atomic E-state index is 0.0824. The van der Waals surface area contributed by atoms with Crippen LogP contribution in [-0.2, 0) is 13.6 Å². The van der Waals surface area contributed by atoms with Crippen LogP contribution in [0.25, 0.3) is 0 Å².